The minimum atomic E-state index is -0.165. The van der Waals surface area contributed by atoms with Crippen molar-refractivity contribution in [1.29, 1.82) is 0 Å². The second-order valence-corrected chi connectivity index (χ2v) is 8.27. The summed E-state index contributed by atoms with van der Waals surface area (Å²) in [4.78, 5) is 17.7. The van der Waals surface area contributed by atoms with Crippen molar-refractivity contribution in [3.8, 4) is 17.0 Å². The van der Waals surface area contributed by atoms with Crippen LogP contribution in [0.4, 0.5) is 5.13 Å². The second kappa shape index (κ2) is 8.59. The molecule has 4 rings (SSSR count). The highest BCUT2D eigenvalue weighted by atomic mass is 32.1. The Kier molecular flexibility index (Phi) is 5.73. The summed E-state index contributed by atoms with van der Waals surface area (Å²) >= 11 is 2.80. The van der Waals surface area contributed by atoms with Crippen LogP contribution < -0.4 is 10.1 Å². The molecule has 0 fully saturated rings. The molecule has 3 heterocycles. The number of rotatable bonds is 7. The molecule has 1 aromatic carbocycles. The fourth-order valence-corrected chi connectivity index (χ4v) is 4.24. The van der Waals surface area contributed by atoms with E-state index < -0.39 is 0 Å². The van der Waals surface area contributed by atoms with Crippen molar-refractivity contribution >= 4 is 33.7 Å². The summed E-state index contributed by atoms with van der Waals surface area (Å²) in [7, 11) is 0. The third-order valence-corrected chi connectivity index (χ3v) is 5.99. The number of hydrogen-bond donors (Lipinski definition) is 1. The van der Waals surface area contributed by atoms with Crippen molar-refractivity contribution in [3.05, 3.63) is 69.5 Å². The molecule has 1 N–H and O–H groups in total. The quantitative estimate of drug-likeness (QED) is 0.441. The fraction of sp³-hybridized carbons (Fsp3) is 0.190. The molecule has 0 spiro atoms. The third kappa shape index (κ3) is 4.72. The van der Waals surface area contributed by atoms with E-state index in [-0.39, 0.29) is 5.91 Å². The molecule has 8 heteroatoms. The molecule has 0 saturated heterocycles. The van der Waals surface area contributed by atoms with Gasteiger partial charge < -0.3 is 4.74 Å². The van der Waals surface area contributed by atoms with Gasteiger partial charge in [-0.3, -0.25) is 14.8 Å². The molecule has 4 aromatic rings. The van der Waals surface area contributed by atoms with E-state index in [9.17, 15) is 4.79 Å². The van der Waals surface area contributed by atoms with Crippen LogP contribution in [-0.2, 0) is 13.2 Å². The van der Waals surface area contributed by atoms with E-state index in [2.05, 4.69) is 15.4 Å². The first kappa shape index (κ1) is 19.4. The monoisotopic (exact) mass is 424 g/mol. The normalized spacial score (nSPS) is 10.8. The average molecular weight is 425 g/mol. The van der Waals surface area contributed by atoms with E-state index in [0.29, 0.717) is 16.6 Å². The van der Waals surface area contributed by atoms with E-state index in [1.165, 1.54) is 22.7 Å². The van der Waals surface area contributed by atoms with E-state index in [1.54, 1.807) is 6.20 Å². The number of thiophene rings is 1. The van der Waals surface area contributed by atoms with Crippen molar-refractivity contribution in [2.45, 2.75) is 27.0 Å². The Morgan fingerprint density at radius 3 is 2.93 bits per heavy atom. The number of nitrogens with one attached hydrogen (secondary N) is 1. The van der Waals surface area contributed by atoms with Gasteiger partial charge in [0.25, 0.3) is 5.91 Å². The maximum absolute atomic E-state index is 12.6. The summed E-state index contributed by atoms with van der Waals surface area (Å²) in [5, 5.41) is 11.6. The van der Waals surface area contributed by atoms with Crippen LogP contribution in [0, 0.1) is 6.92 Å². The zero-order valence-corrected chi connectivity index (χ0v) is 17.7. The van der Waals surface area contributed by atoms with Crippen LogP contribution in [0.2, 0.25) is 0 Å². The van der Waals surface area contributed by atoms with Crippen molar-refractivity contribution in [1.82, 2.24) is 14.8 Å². The first-order chi connectivity index (χ1) is 14.1. The lowest BCUT2D eigenvalue weighted by Gasteiger charge is -2.05. The van der Waals surface area contributed by atoms with Crippen molar-refractivity contribution in [3.63, 3.8) is 0 Å². The Morgan fingerprint density at radius 2 is 2.14 bits per heavy atom. The first-order valence-corrected chi connectivity index (χ1v) is 10.9. The van der Waals surface area contributed by atoms with Gasteiger partial charge in [-0.05, 0) is 43.0 Å². The van der Waals surface area contributed by atoms with E-state index >= 15 is 0 Å². The summed E-state index contributed by atoms with van der Waals surface area (Å²) in [5.74, 6) is 0.658. The zero-order chi connectivity index (χ0) is 20.2. The Labute approximate surface area is 176 Å². The van der Waals surface area contributed by atoms with Gasteiger partial charge >= 0.3 is 0 Å². The topological polar surface area (TPSA) is 69.0 Å². The van der Waals surface area contributed by atoms with Gasteiger partial charge in [-0.2, -0.15) is 5.10 Å². The predicted molar refractivity (Wildman–Crippen MR) is 117 cm³/mol. The summed E-state index contributed by atoms with van der Waals surface area (Å²) < 4.78 is 7.65. The van der Waals surface area contributed by atoms with Gasteiger partial charge in [0.05, 0.1) is 16.8 Å². The lowest BCUT2D eigenvalue weighted by Crippen LogP contribution is -2.09. The van der Waals surface area contributed by atoms with Crippen LogP contribution in [0.5, 0.6) is 5.75 Å². The molecule has 6 nitrogen and oxygen atoms in total. The third-order valence-electron chi connectivity index (χ3n) is 4.25. The largest absolute Gasteiger partial charge is 0.489 e. The van der Waals surface area contributed by atoms with Crippen LogP contribution in [0.3, 0.4) is 0 Å². The molecule has 0 radical (unpaired) electrons. The second-order valence-electron chi connectivity index (χ2n) is 6.50. The molecule has 0 aliphatic rings. The number of carbonyl (C=O) groups excluding carboxylic acids is 1. The van der Waals surface area contributed by atoms with Gasteiger partial charge in [0.1, 0.15) is 12.4 Å². The molecule has 0 aliphatic carbocycles. The molecule has 0 atom stereocenters. The molecular formula is C21H20N4O2S2. The number of anilines is 1. The summed E-state index contributed by atoms with van der Waals surface area (Å²) in [6.07, 6.45) is 3.73. The Morgan fingerprint density at radius 1 is 1.24 bits per heavy atom. The molecule has 1 amide bonds. The first-order valence-electron chi connectivity index (χ1n) is 9.17. The fourth-order valence-electron chi connectivity index (χ4n) is 2.73. The minimum Gasteiger partial charge on any atom is -0.489 e. The van der Waals surface area contributed by atoms with Crippen molar-refractivity contribution < 1.29 is 9.53 Å². The molecule has 3 aromatic heterocycles. The molecule has 0 saturated carbocycles. The van der Waals surface area contributed by atoms with Crippen molar-refractivity contribution in [2.24, 2.45) is 0 Å². The van der Waals surface area contributed by atoms with Crippen LogP contribution >= 0.6 is 22.7 Å². The van der Waals surface area contributed by atoms with Crippen molar-refractivity contribution in [2.75, 3.05) is 5.32 Å². The molecular weight excluding hydrogens is 404 g/mol. The predicted octanol–water partition coefficient (Wildman–Crippen LogP) is 5.23. The van der Waals surface area contributed by atoms with Gasteiger partial charge in [0, 0.05) is 29.2 Å². The van der Waals surface area contributed by atoms with Gasteiger partial charge in [0.2, 0.25) is 0 Å². The lowest BCUT2D eigenvalue weighted by molar-refractivity contribution is 0.103. The highest BCUT2D eigenvalue weighted by Gasteiger charge is 2.13. The lowest BCUT2D eigenvalue weighted by atomic mass is 10.2. The van der Waals surface area contributed by atoms with Crippen LogP contribution in [0.1, 0.15) is 27.7 Å². The Balaban J connectivity index is 1.37. The van der Waals surface area contributed by atoms with E-state index in [1.807, 2.05) is 65.8 Å². The van der Waals surface area contributed by atoms with Crippen LogP contribution in [0.25, 0.3) is 11.3 Å². The molecule has 0 aliphatic heterocycles. The van der Waals surface area contributed by atoms with Crippen LogP contribution in [0.15, 0.2) is 53.5 Å². The Bertz CT molecular complexity index is 1130. The minimum absolute atomic E-state index is 0.165. The number of hydrogen-bond acceptors (Lipinski definition) is 6. The number of amides is 1. The van der Waals surface area contributed by atoms with E-state index in [0.717, 1.165) is 34.7 Å². The summed E-state index contributed by atoms with van der Waals surface area (Å²) in [6, 6.07) is 9.77. The summed E-state index contributed by atoms with van der Waals surface area (Å²) in [5.41, 5.74) is 3.87. The highest BCUT2D eigenvalue weighted by molar-refractivity contribution is 7.14. The standard InChI is InChI=1S/C21H20N4O2S2/c1-3-25-10-16(9-22-25)18-13-29-21(23-18)24-20(26)19-8-15(12-28-19)11-27-17-6-4-5-14(2)7-17/h4-10,12-13H,3,11H2,1-2H3,(H,23,24,26). The number of carbonyl (C=O) groups is 1. The molecule has 29 heavy (non-hydrogen) atoms. The smallest absolute Gasteiger partial charge is 0.267 e. The molecule has 0 unspecified atom stereocenters. The highest BCUT2D eigenvalue weighted by Crippen LogP contribution is 2.26. The maximum atomic E-state index is 12.6. The SMILES string of the molecule is CCn1cc(-c2csc(NC(=O)c3cc(COc4cccc(C)c4)cs3)n2)cn1. The van der Waals surface area contributed by atoms with E-state index in [4.69, 9.17) is 4.74 Å². The van der Waals surface area contributed by atoms with Gasteiger partial charge in [0.15, 0.2) is 5.13 Å². The maximum Gasteiger partial charge on any atom is 0.267 e. The molecule has 148 valence electrons. The number of benzene rings is 1. The number of aryl methyl sites for hydroxylation is 2. The number of aromatic nitrogens is 3. The zero-order valence-electron chi connectivity index (χ0n) is 16.1. The molecule has 0 bridgehead atoms. The summed E-state index contributed by atoms with van der Waals surface area (Å²) in [6.45, 7) is 5.29. The Hall–Kier alpha value is -2.97. The van der Waals surface area contributed by atoms with Gasteiger partial charge in [-0.15, -0.1) is 22.7 Å². The number of thiazole rings is 1. The van der Waals surface area contributed by atoms with Gasteiger partial charge in [-0.1, -0.05) is 12.1 Å². The average Bonchev–Trinajstić information content (AvgIpc) is 3.46. The number of nitrogens with zero attached hydrogens (tertiary/aromatic N) is 3. The van der Waals surface area contributed by atoms with Gasteiger partial charge in [-0.25, -0.2) is 4.98 Å². The van der Waals surface area contributed by atoms with Crippen LogP contribution in [-0.4, -0.2) is 20.7 Å². The number of ether oxygens (including phenoxy) is 1.